The van der Waals surface area contributed by atoms with E-state index in [-0.39, 0.29) is 5.82 Å². The molecule has 0 saturated heterocycles. The Balaban J connectivity index is 1.32. The van der Waals surface area contributed by atoms with E-state index >= 15 is 4.39 Å². The predicted octanol–water partition coefficient (Wildman–Crippen LogP) is 9.81. The van der Waals surface area contributed by atoms with E-state index in [9.17, 15) is 0 Å². The fraction of sp³-hybridized carbons (Fsp3) is 0. The second-order valence-electron chi connectivity index (χ2n) is 11.2. The molecule has 0 aliphatic heterocycles. The number of hydrogen-bond donors (Lipinski definition) is 0. The van der Waals surface area contributed by atoms with Crippen LogP contribution in [0.3, 0.4) is 0 Å². The molecule has 0 fully saturated rings. The van der Waals surface area contributed by atoms with Gasteiger partial charge >= 0.3 is 0 Å². The van der Waals surface area contributed by atoms with E-state index in [0.29, 0.717) is 27.9 Å². The molecular formula is C40H24FN5. The number of para-hydroxylation sites is 1. The normalized spacial score (nSPS) is 11.6. The van der Waals surface area contributed by atoms with E-state index in [2.05, 4.69) is 32.7 Å². The highest BCUT2D eigenvalue weighted by molar-refractivity contribution is 6.13. The monoisotopic (exact) mass is 593 g/mol. The van der Waals surface area contributed by atoms with Crippen molar-refractivity contribution in [2.75, 3.05) is 0 Å². The lowest BCUT2D eigenvalue weighted by molar-refractivity contribution is 0.651. The van der Waals surface area contributed by atoms with E-state index in [4.69, 9.17) is 9.97 Å². The van der Waals surface area contributed by atoms with Crippen LogP contribution in [-0.4, -0.2) is 24.5 Å². The molecule has 0 spiro atoms. The number of halogens is 1. The van der Waals surface area contributed by atoms with Crippen LogP contribution in [0.5, 0.6) is 0 Å². The van der Waals surface area contributed by atoms with Gasteiger partial charge in [-0.3, -0.25) is 14.5 Å². The average Bonchev–Trinajstić information content (AvgIpc) is 3.47. The quantitative estimate of drug-likeness (QED) is 0.191. The van der Waals surface area contributed by atoms with Gasteiger partial charge < -0.3 is 0 Å². The maximum Gasteiger partial charge on any atom is 0.138 e. The molecule has 0 aliphatic carbocycles. The summed E-state index contributed by atoms with van der Waals surface area (Å²) in [6.45, 7) is 0. The smallest absolute Gasteiger partial charge is 0.138 e. The third-order valence-corrected chi connectivity index (χ3v) is 8.61. The third-order valence-electron chi connectivity index (χ3n) is 8.61. The molecule has 0 unspecified atom stereocenters. The maximum atomic E-state index is 15.8. The van der Waals surface area contributed by atoms with Crippen molar-refractivity contribution in [3.63, 3.8) is 0 Å². The zero-order valence-corrected chi connectivity index (χ0v) is 24.5. The predicted molar refractivity (Wildman–Crippen MR) is 183 cm³/mol. The maximum absolute atomic E-state index is 15.8. The number of rotatable bonds is 4. The second-order valence-corrected chi connectivity index (χ2v) is 11.2. The number of fused-ring (bicyclic) bond motifs is 5. The highest BCUT2D eigenvalue weighted by Crippen LogP contribution is 2.40. The molecule has 0 N–H and O–H groups in total. The minimum Gasteiger partial charge on any atom is -0.292 e. The van der Waals surface area contributed by atoms with Crippen molar-refractivity contribution in [3.8, 4) is 39.7 Å². The van der Waals surface area contributed by atoms with Crippen LogP contribution in [0.15, 0.2) is 146 Å². The van der Waals surface area contributed by atoms with Crippen LogP contribution in [0.4, 0.5) is 4.39 Å². The first-order valence-electron chi connectivity index (χ1n) is 15.1. The van der Waals surface area contributed by atoms with Crippen molar-refractivity contribution < 1.29 is 4.39 Å². The van der Waals surface area contributed by atoms with Gasteiger partial charge in [-0.15, -0.1) is 0 Å². The van der Waals surface area contributed by atoms with Crippen molar-refractivity contribution in [3.05, 3.63) is 152 Å². The van der Waals surface area contributed by atoms with Crippen LogP contribution in [0.25, 0.3) is 83.1 Å². The summed E-state index contributed by atoms with van der Waals surface area (Å²) in [5.74, 6) is 0.546. The second kappa shape index (κ2) is 10.4. The molecule has 5 nitrogen and oxygen atoms in total. The summed E-state index contributed by atoms with van der Waals surface area (Å²) in [6.07, 6.45) is 5.47. The topological polar surface area (TPSA) is 56.5 Å². The van der Waals surface area contributed by atoms with Gasteiger partial charge in [0.15, 0.2) is 0 Å². The van der Waals surface area contributed by atoms with Crippen molar-refractivity contribution in [1.29, 1.82) is 0 Å². The SMILES string of the molecule is Fc1c2ccccc2c(-c2cc(-c3ccccn3)nc(-c3cccc(-n4c5ccccc5c5ccncc54)n3)c2)c2ccccc12. The molecule has 5 heterocycles. The first-order valence-corrected chi connectivity index (χ1v) is 15.1. The highest BCUT2D eigenvalue weighted by atomic mass is 19.1. The van der Waals surface area contributed by atoms with Crippen molar-refractivity contribution in [2.24, 2.45) is 0 Å². The Kier molecular flexibility index (Phi) is 5.93. The summed E-state index contributed by atoms with van der Waals surface area (Å²) >= 11 is 0. The lowest BCUT2D eigenvalue weighted by Crippen LogP contribution is -2.00. The molecule has 46 heavy (non-hydrogen) atoms. The molecule has 0 amide bonds. The van der Waals surface area contributed by atoms with Crippen LogP contribution < -0.4 is 0 Å². The molecule has 6 heteroatoms. The Bertz CT molecular complexity index is 2500. The van der Waals surface area contributed by atoms with Gasteiger partial charge in [0.2, 0.25) is 0 Å². The van der Waals surface area contributed by atoms with Gasteiger partial charge in [-0.25, -0.2) is 14.4 Å². The first kappa shape index (κ1) is 26.2. The average molecular weight is 594 g/mol. The molecule has 9 aromatic rings. The molecule has 0 aliphatic rings. The lowest BCUT2D eigenvalue weighted by Gasteiger charge is -2.16. The summed E-state index contributed by atoms with van der Waals surface area (Å²) in [4.78, 5) is 19.3. The summed E-state index contributed by atoms with van der Waals surface area (Å²) in [5, 5.41) is 5.08. The van der Waals surface area contributed by atoms with Crippen LogP contribution in [-0.2, 0) is 0 Å². The number of pyridine rings is 4. The van der Waals surface area contributed by atoms with Gasteiger partial charge in [0, 0.05) is 33.9 Å². The van der Waals surface area contributed by atoms with Gasteiger partial charge in [-0.05, 0) is 70.4 Å². The van der Waals surface area contributed by atoms with Crippen LogP contribution >= 0.6 is 0 Å². The number of hydrogen-bond acceptors (Lipinski definition) is 4. The van der Waals surface area contributed by atoms with Gasteiger partial charge in [-0.2, -0.15) is 0 Å². The standard InChI is InChI=1S/C40H24FN5/c41-40-30-13-3-1-11-28(30)39(29-12-2-4-14-31(29)40)25-22-34(32-15-7-8-20-43-32)44-35(23-25)33-16-9-18-38(45-33)46-36-17-6-5-10-26(36)27-19-21-42-24-37(27)46/h1-24H. The van der Waals surface area contributed by atoms with E-state index in [1.807, 2.05) is 122 Å². The summed E-state index contributed by atoms with van der Waals surface area (Å²) in [5.41, 5.74) is 6.73. The molecule has 0 radical (unpaired) electrons. The molecule has 9 rings (SSSR count). The van der Waals surface area contributed by atoms with Crippen LogP contribution in [0.1, 0.15) is 0 Å². The Morgan fingerprint density at radius 1 is 0.478 bits per heavy atom. The minimum absolute atomic E-state index is 0.218. The Morgan fingerprint density at radius 2 is 1.11 bits per heavy atom. The molecular weight excluding hydrogens is 569 g/mol. The van der Waals surface area contributed by atoms with E-state index < -0.39 is 0 Å². The molecule has 216 valence electrons. The third kappa shape index (κ3) is 4.08. The Hall–Kier alpha value is -6.27. The van der Waals surface area contributed by atoms with Gasteiger partial charge in [-0.1, -0.05) is 78.9 Å². The van der Waals surface area contributed by atoms with Gasteiger partial charge in [0.25, 0.3) is 0 Å². The lowest BCUT2D eigenvalue weighted by atomic mass is 9.91. The van der Waals surface area contributed by atoms with Crippen molar-refractivity contribution in [1.82, 2.24) is 24.5 Å². The fourth-order valence-electron chi connectivity index (χ4n) is 6.59. The largest absolute Gasteiger partial charge is 0.292 e. The Labute approximate surface area is 263 Å². The molecule has 5 aromatic heterocycles. The van der Waals surface area contributed by atoms with Gasteiger partial charge in [0.05, 0.1) is 40.0 Å². The summed E-state index contributed by atoms with van der Waals surface area (Å²) in [7, 11) is 0. The minimum atomic E-state index is -0.218. The van der Waals surface area contributed by atoms with Crippen LogP contribution in [0.2, 0.25) is 0 Å². The zero-order valence-electron chi connectivity index (χ0n) is 24.5. The number of benzene rings is 4. The highest BCUT2D eigenvalue weighted by Gasteiger charge is 2.19. The van der Waals surface area contributed by atoms with Gasteiger partial charge in [0.1, 0.15) is 11.6 Å². The van der Waals surface area contributed by atoms with Crippen LogP contribution in [0, 0.1) is 5.82 Å². The number of nitrogens with zero attached hydrogens (tertiary/aromatic N) is 5. The summed E-state index contributed by atoms with van der Waals surface area (Å²) < 4.78 is 18.0. The molecule has 0 saturated carbocycles. The first-order chi connectivity index (χ1) is 22.7. The number of aromatic nitrogens is 5. The molecule has 0 atom stereocenters. The molecule has 0 bridgehead atoms. The van der Waals surface area contributed by atoms with Crippen molar-refractivity contribution >= 4 is 43.4 Å². The zero-order chi connectivity index (χ0) is 30.6. The summed E-state index contributed by atoms with van der Waals surface area (Å²) in [6, 6.07) is 41.5. The van der Waals surface area contributed by atoms with E-state index in [0.717, 1.165) is 55.2 Å². The fourth-order valence-corrected chi connectivity index (χ4v) is 6.59. The molecule has 4 aromatic carbocycles. The van der Waals surface area contributed by atoms with E-state index in [1.165, 1.54) is 0 Å². The van der Waals surface area contributed by atoms with Crippen molar-refractivity contribution in [2.45, 2.75) is 0 Å². The Morgan fingerprint density at radius 3 is 1.85 bits per heavy atom. The van der Waals surface area contributed by atoms with E-state index in [1.54, 1.807) is 6.20 Å².